The van der Waals surface area contributed by atoms with Crippen LogP contribution in [0.1, 0.15) is 10.4 Å². The Labute approximate surface area is 129 Å². The van der Waals surface area contributed by atoms with Gasteiger partial charge in [0, 0.05) is 27.4 Å². The summed E-state index contributed by atoms with van der Waals surface area (Å²) in [6.45, 7) is 0. The Balaban J connectivity index is 2.24. The normalized spacial score (nSPS) is 10.2. The number of anilines is 2. The maximum atomic E-state index is 12.0. The van der Waals surface area contributed by atoms with Gasteiger partial charge in [-0.05, 0) is 30.3 Å². The zero-order valence-corrected chi connectivity index (χ0v) is 12.0. The highest BCUT2D eigenvalue weighted by atomic mass is 35.5. The Kier molecular flexibility index (Phi) is 4.30. The lowest BCUT2D eigenvalue weighted by Gasteiger charge is -2.07. The predicted octanol–water partition coefficient (Wildman–Crippen LogP) is 3.74. The fourth-order valence-electron chi connectivity index (χ4n) is 1.69. The molecule has 21 heavy (non-hydrogen) atoms. The van der Waals surface area contributed by atoms with Crippen molar-refractivity contribution in [2.45, 2.75) is 0 Å². The van der Waals surface area contributed by atoms with E-state index in [0.29, 0.717) is 15.7 Å². The first-order valence-electron chi connectivity index (χ1n) is 5.68. The minimum absolute atomic E-state index is 0.0863. The molecule has 0 heterocycles. The Morgan fingerprint density at radius 2 is 1.76 bits per heavy atom. The van der Waals surface area contributed by atoms with E-state index >= 15 is 0 Å². The minimum atomic E-state index is -0.617. The molecule has 0 atom stereocenters. The molecule has 0 spiro atoms. The molecule has 2 rings (SSSR count). The van der Waals surface area contributed by atoms with E-state index in [1.54, 1.807) is 0 Å². The van der Waals surface area contributed by atoms with Crippen LogP contribution in [0, 0.1) is 10.1 Å². The van der Waals surface area contributed by atoms with Crippen molar-refractivity contribution in [3.05, 3.63) is 62.1 Å². The van der Waals surface area contributed by atoms with Crippen LogP contribution in [0.5, 0.6) is 0 Å². The highest BCUT2D eigenvalue weighted by Gasteiger charge is 2.14. The van der Waals surface area contributed by atoms with E-state index in [-0.39, 0.29) is 16.9 Å². The van der Waals surface area contributed by atoms with Crippen molar-refractivity contribution in [2.75, 3.05) is 11.1 Å². The first-order valence-corrected chi connectivity index (χ1v) is 6.44. The second kappa shape index (κ2) is 5.99. The van der Waals surface area contributed by atoms with Gasteiger partial charge in [0.15, 0.2) is 0 Å². The van der Waals surface area contributed by atoms with E-state index in [1.807, 2.05) is 0 Å². The first kappa shape index (κ1) is 15.1. The standard InChI is InChI=1S/C13H9Cl2N3O3/c14-8-4-9(15)6-10(5-8)17-13(19)7-1-2-12(18(20)21)11(16)3-7/h1-6H,16H2,(H,17,19). The van der Waals surface area contributed by atoms with Crippen molar-refractivity contribution in [1.82, 2.24) is 0 Å². The number of nitrogens with zero attached hydrogens (tertiary/aromatic N) is 1. The topological polar surface area (TPSA) is 98.3 Å². The molecule has 0 aliphatic carbocycles. The van der Waals surface area contributed by atoms with Gasteiger partial charge in [0.1, 0.15) is 5.69 Å². The average Bonchev–Trinajstić information content (AvgIpc) is 2.36. The van der Waals surface area contributed by atoms with E-state index in [9.17, 15) is 14.9 Å². The lowest BCUT2D eigenvalue weighted by Crippen LogP contribution is -2.12. The number of carbonyl (C=O) groups excluding carboxylic acids is 1. The number of benzene rings is 2. The third kappa shape index (κ3) is 3.62. The van der Waals surface area contributed by atoms with E-state index in [2.05, 4.69) is 5.32 Å². The molecule has 0 aromatic heterocycles. The van der Waals surface area contributed by atoms with E-state index in [4.69, 9.17) is 28.9 Å². The van der Waals surface area contributed by atoms with Crippen LogP contribution in [0.3, 0.4) is 0 Å². The van der Waals surface area contributed by atoms with E-state index in [0.717, 1.165) is 0 Å². The number of halogens is 2. The van der Waals surface area contributed by atoms with Crippen LogP contribution >= 0.6 is 23.2 Å². The summed E-state index contributed by atoms with van der Waals surface area (Å²) in [5.41, 5.74) is 5.80. The van der Waals surface area contributed by atoms with Crippen molar-refractivity contribution >= 4 is 46.2 Å². The number of nitro benzene ring substituents is 1. The molecule has 108 valence electrons. The predicted molar refractivity (Wildman–Crippen MR) is 81.9 cm³/mol. The Morgan fingerprint density at radius 1 is 1.14 bits per heavy atom. The minimum Gasteiger partial charge on any atom is -0.393 e. The smallest absolute Gasteiger partial charge is 0.292 e. The van der Waals surface area contributed by atoms with Crippen molar-refractivity contribution < 1.29 is 9.72 Å². The van der Waals surface area contributed by atoms with Crippen LogP contribution in [0.4, 0.5) is 17.1 Å². The molecule has 2 aromatic rings. The van der Waals surface area contributed by atoms with Crippen molar-refractivity contribution in [3.8, 4) is 0 Å². The summed E-state index contributed by atoms with van der Waals surface area (Å²) >= 11 is 11.7. The van der Waals surface area contributed by atoms with Crippen LogP contribution in [0.15, 0.2) is 36.4 Å². The molecule has 0 fully saturated rings. The van der Waals surface area contributed by atoms with Crippen LogP contribution in [-0.4, -0.2) is 10.8 Å². The Bertz CT molecular complexity index is 714. The third-order valence-corrected chi connectivity index (χ3v) is 3.04. The van der Waals surface area contributed by atoms with Gasteiger partial charge in [-0.3, -0.25) is 14.9 Å². The summed E-state index contributed by atoms with van der Waals surface area (Å²) < 4.78 is 0. The molecule has 0 saturated heterocycles. The van der Waals surface area contributed by atoms with Gasteiger partial charge in [-0.15, -0.1) is 0 Å². The number of rotatable bonds is 3. The molecule has 0 saturated carbocycles. The molecule has 0 radical (unpaired) electrons. The average molecular weight is 326 g/mol. The lowest BCUT2D eigenvalue weighted by atomic mass is 10.1. The summed E-state index contributed by atoms with van der Waals surface area (Å²) in [6.07, 6.45) is 0. The molecule has 3 N–H and O–H groups in total. The number of hydrogen-bond donors (Lipinski definition) is 2. The molecule has 8 heteroatoms. The first-order chi connectivity index (χ1) is 9.86. The van der Waals surface area contributed by atoms with Gasteiger partial charge in [-0.2, -0.15) is 0 Å². The van der Waals surface area contributed by atoms with Crippen molar-refractivity contribution in [1.29, 1.82) is 0 Å². The highest BCUT2D eigenvalue weighted by Crippen LogP contribution is 2.25. The highest BCUT2D eigenvalue weighted by molar-refractivity contribution is 6.35. The number of carbonyl (C=O) groups is 1. The zero-order chi connectivity index (χ0) is 15.6. The van der Waals surface area contributed by atoms with Gasteiger partial charge in [0.25, 0.3) is 11.6 Å². The number of nitrogens with two attached hydrogens (primary N) is 1. The van der Waals surface area contributed by atoms with Crippen LogP contribution in [-0.2, 0) is 0 Å². The third-order valence-electron chi connectivity index (χ3n) is 2.61. The largest absolute Gasteiger partial charge is 0.393 e. The molecule has 2 aromatic carbocycles. The monoisotopic (exact) mass is 325 g/mol. The second-order valence-electron chi connectivity index (χ2n) is 4.14. The van der Waals surface area contributed by atoms with Crippen molar-refractivity contribution in [3.63, 3.8) is 0 Å². The number of nitrogen functional groups attached to an aromatic ring is 1. The molecule has 6 nitrogen and oxygen atoms in total. The Morgan fingerprint density at radius 3 is 2.29 bits per heavy atom. The fraction of sp³-hybridized carbons (Fsp3) is 0. The zero-order valence-electron chi connectivity index (χ0n) is 10.5. The maximum absolute atomic E-state index is 12.0. The van der Waals surface area contributed by atoms with Gasteiger partial charge in [0.2, 0.25) is 0 Å². The second-order valence-corrected chi connectivity index (χ2v) is 5.02. The van der Waals surface area contributed by atoms with Crippen LogP contribution in [0.25, 0.3) is 0 Å². The summed E-state index contributed by atoms with van der Waals surface area (Å²) in [6, 6.07) is 8.31. The number of amides is 1. The number of hydrogen-bond acceptors (Lipinski definition) is 4. The summed E-state index contributed by atoms with van der Waals surface area (Å²) in [5, 5.41) is 14.0. The summed E-state index contributed by atoms with van der Waals surface area (Å²) in [7, 11) is 0. The van der Waals surface area contributed by atoms with Crippen LogP contribution < -0.4 is 11.1 Å². The number of nitro groups is 1. The lowest BCUT2D eigenvalue weighted by molar-refractivity contribution is -0.383. The molecule has 0 aliphatic heterocycles. The van der Waals surface area contributed by atoms with Gasteiger partial charge >= 0.3 is 0 Å². The van der Waals surface area contributed by atoms with Gasteiger partial charge < -0.3 is 11.1 Å². The molecule has 0 bridgehead atoms. The summed E-state index contributed by atoms with van der Waals surface area (Å²) in [4.78, 5) is 22.1. The molecule has 0 unspecified atom stereocenters. The summed E-state index contributed by atoms with van der Waals surface area (Å²) in [5.74, 6) is -0.477. The number of nitrogens with one attached hydrogen (secondary N) is 1. The maximum Gasteiger partial charge on any atom is 0.292 e. The molecule has 0 aliphatic rings. The SMILES string of the molecule is Nc1cc(C(=O)Nc2cc(Cl)cc(Cl)c2)ccc1[N+](=O)[O-]. The fourth-order valence-corrected chi connectivity index (χ4v) is 2.22. The van der Waals surface area contributed by atoms with E-state index in [1.165, 1.54) is 36.4 Å². The molecular formula is C13H9Cl2N3O3. The molecular weight excluding hydrogens is 317 g/mol. The van der Waals surface area contributed by atoms with E-state index < -0.39 is 10.8 Å². The quantitative estimate of drug-likeness (QED) is 0.510. The van der Waals surface area contributed by atoms with Gasteiger partial charge in [-0.1, -0.05) is 23.2 Å². The van der Waals surface area contributed by atoms with Gasteiger partial charge in [-0.25, -0.2) is 0 Å². The van der Waals surface area contributed by atoms with Gasteiger partial charge in [0.05, 0.1) is 4.92 Å². The molecule has 1 amide bonds. The van der Waals surface area contributed by atoms with Crippen molar-refractivity contribution in [2.24, 2.45) is 0 Å². The van der Waals surface area contributed by atoms with Crippen LogP contribution in [0.2, 0.25) is 10.0 Å². The Hall–Kier alpha value is -2.31.